The van der Waals surface area contributed by atoms with Gasteiger partial charge in [-0.3, -0.25) is 0 Å². The molecule has 0 spiro atoms. The Bertz CT molecular complexity index is 1980. The molecule has 5 nitrogen and oxygen atoms in total. The van der Waals surface area contributed by atoms with E-state index in [-0.39, 0.29) is 0 Å². The topological polar surface area (TPSA) is 65.0 Å². The third-order valence-corrected chi connectivity index (χ3v) is 13.2. The number of ether oxygens (including phenoxy) is 2. The van der Waals surface area contributed by atoms with E-state index in [9.17, 15) is 9.46 Å². The first-order chi connectivity index (χ1) is 27.0. The number of unbranched alkanes of at least 4 members (excludes halogenated alkanes) is 12. The minimum absolute atomic E-state index is 0.362. The van der Waals surface area contributed by atoms with E-state index in [4.69, 9.17) is 14.0 Å². The molecule has 0 aliphatic heterocycles. The Morgan fingerprint density at radius 3 is 1.75 bits per heavy atom. The van der Waals surface area contributed by atoms with E-state index in [1.165, 1.54) is 74.0 Å². The molecule has 292 valence electrons. The molecule has 0 aliphatic rings. The third kappa shape index (κ3) is 13.6. The van der Waals surface area contributed by atoms with Crippen LogP contribution in [0.25, 0.3) is 41.1 Å². The minimum atomic E-state index is -2.74. The summed E-state index contributed by atoms with van der Waals surface area (Å²) in [6, 6.07) is 24.7. The van der Waals surface area contributed by atoms with Gasteiger partial charge < -0.3 is 9.47 Å². The standard InChI is InChI=1S/C46H55O5PS3/c1-4-7-10-13-14-15-16-17-23-37-24-25-45(53-37)46-29-28-44(55-46)39-34-40(49-30-18-11-8-5-2)38(33-41(39)50-31-19-12-9-6-3)43-27-26-42(54-43)35-21-20-22-36(32-35)51-52(47)48/h20-22,24-29,32-34H,4-16,18-19,30-31H2,1-3H3/p+1. The second-order valence-electron chi connectivity index (χ2n) is 13.8. The molecule has 0 fully saturated rings. The van der Waals surface area contributed by atoms with Gasteiger partial charge in [0.25, 0.3) is 0 Å². The van der Waals surface area contributed by atoms with E-state index in [0.29, 0.717) is 19.0 Å². The first kappa shape index (κ1) is 42.7. The molecule has 5 rings (SSSR count). The van der Waals surface area contributed by atoms with Crippen LogP contribution in [-0.2, 0) is 4.57 Å². The van der Waals surface area contributed by atoms with Gasteiger partial charge >= 0.3 is 8.25 Å². The zero-order chi connectivity index (χ0) is 38.7. The molecule has 55 heavy (non-hydrogen) atoms. The van der Waals surface area contributed by atoms with Crippen LogP contribution in [0.3, 0.4) is 0 Å². The SMILES string of the molecule is CCCCCCCCC#Cc1ccc(-c2ccc(-c3cc(OCCCCCC)c(-c4ccc(-c5cccc(O[P+](=O)O)c5)s4)cc3OCCCCCC)s2)s1. The Morgan fingerprint density at radius 1 is 0.582 bits per heavy atom. The van der Waals surface area contributed by atoms with Crippen LogP contribution in [0.15, 0.2) is 72.8 Å². The zero-order valence-corrected chi connectivity index (χ0v) is 36.0. The normalized spacial score (nSPS) is 11.3. The van der Waals surface area contributed by atoms with Crippen molar-refractivity contribution < 1.29 is 23.5 Å². The van der Waals surface area contributed by atoms with Gasteiger partial charge in [0.05, 0.1) is 18.1 Å². The van der Waals surface area contributed by atoms with E-state index >= 15 is 0 Å². The van der Waals surface area contributed by atoms with Crippen molar-refractivity contribution in [1.82, 2.24) is 0 Å². The molecule has 0 amide bonds. The van der Waals surface area contributed by atoms with Gasteiger partial charge in [0.15, 0.2) is 5.75 Å². The van der Waals surface area contributed by atoms with Gasteiger partial charge in [-0.15, -0.1) is 38.9 Å². The van der Waals surface area contributed by atoms with Gasteiger partial charge in [0.2, 0.25) is 0 Å². The first-order valence-corrected chi connectivity index (χ1v) is 23.7. The van der Waals surface area contributed by atoms with Crippen molar-refractivity contribution in [3.63, 3.8) is 0 Å². The van der Waals surface area contributed by atoms with Gasteiger partial charge in [-0.05, 0) is 85.5 Å². The average molecular weight is 816 g/mol. The summed E-state index contributed by atoms with van der Waals surface area (Å²) in [5, 5.41) is 0. The fourth-order valence-corrected chi connectivity index (χ4v) is 9.65. The van der Waals surface area contributed by atoms with Crippen LogP contribution in [0, 0.1) is 11.8 Å². The third-order valence-electron chi connectivity index (χ3n) is 9.35. The summed E-state index contributed by atoms with van der Waals surface area (Å²) in [6.07, 6.45) is 17.7. The maximum Gasteiger partial charge on any atom is 0.747 e. The summed E-state index contributed by atoms with van der Waals surface area (Å²) in [5.74, 6) is 8.90. The van der Waals surface area contributed by atoms with Gasteiger partial charge in [-0.25, -0.2) is 4.52 Å². The molecule has 1 unspecified atom stereocenters. The van der Waals surface area contributed by atoms with Crippen LogP contribution >= 0.6 is 42.3 Å². The molecule has 0 saturated heterocycles. The van der Waals surface area contributed by atoms with Gasteiger partial charge in [0, 0.05) is 46.5 Å². The molecule has 0 saturated carbocycles. The van der Waals surface area contributed by atoms with E-state index in [0.717, 1.165) is 79.8 Å². The highest BCUT2D eigenvalue weighted by Crippen LogP contribution is 2.47. The maximum absolute atomic E-state index is 11.3. The lowest BCUT2D eigenvalue weighted by molar-refractivity contribution is 0.299. The largest absolute Gasteiger partial charge is 0.747 e. The van der Waals surface area contributed by atoms with Crippen LogP contribution in [0.1, 0.15) is 122 Å². The van der Waals surface area contributed by atoms with Gasteiger partial charge in [-0.1, -0.05) is 115 Å². The second kappa shape index (κ2) is 23.6. The lowest BCUT2D eigenvalue weighted by Crippen LogP contribution is -2.02. The van der Waals surface area contributed by atoms with Crippen molar-refractivity contribution in [1.29, 1.82) is 0 Å². The highest BCUT2D eigenvalue weighted by molar-refractivity contribution is 7.32. The number of thiophene rings is 3. The predicted octanol–water partition coefficient (Wildman–Crippen LogP) is 15.6. The summed E-state index contributed by atoms with van der Waals surface area (Å²) >= 11 is 5.21. The lowest BCUT2D eigenvalue weighted by Gasteiger charge is -2.17. The smallest absolute Gasteiger partial charge is 0.493 e. The van der Waals surface area contributed by atoms with E-state index < -0.39 is 8.25 Å². The Labute approximate surface area is 342 Å². The highest BCUT2D eigenvalue weighted by Gasteiger charge is 2.20. The predicted molar refractivity (Wildman–Crippen MR) is 236 cm³/mol. The quantitative estimate of drug-likeness (QED) is 0.0382. The van der Waals surface area contributed by atoms with Gasteiger partial charge in [-0.2, -0.15) is 0 Å². The monoisotopic (exact) mass is 815 g/mol. The van der Waals surface area contributed by atoms with Crippen LogP contribution in [0.5, 0.6) is 17.2 Å². The Kier molecular flexibility index (Phi) is 18.3. The summed E-state index contributed by atoms with van der Waals surface area (Å²) in [6.45, 7) is 8.02. The van der Waals surface area contributed by atoms with Crippen molar-refractivity contribution in [2.45, 2.75) is 117 Å². The summed E-state index contributed by atoms with van der Waals surface area (Å²) < 4.78 is 29.7. The van der Waals surface area contributed by atoms with Crippen LogP contribution in [0.4, 0.5) is 0 Å². The number of hydrogen-bond acceptors (Lipinski definition) is 7. The van der Waals surface area contributed by atoms with Crippen molar-refractivity contribution in [2.75, 3.05) is 13.2 Å². The molecule has 0 bridgehead atoms. The Morgan fingerprint density at radius 2 is 1.11 bits per heavy atom. The number of rotatable bonds is 24. The number of hydrogen-bond donors (Lipinski definition) is 1. The van der Waals surface area contributed by atoms with E-state index in [2.05, 4.69) is 81.1 Å². The summed E-state index contributed by atoms with van der Waals surface area (Å²) in [5.41, 5.74) is 2.97. The molecule has 0 aliphatic carbocycles. The van der Waals surface area contributed by atoms with Crippen molar-refractivity contribution in [3.05, 3.63) is 77.7 Å². The van der Waals surface area contributed by atoms with E-state index in [1.807, 2.05) is 12.1 Å². The molecule has 5 aromatic rings. The lowest BCUT2D eigenvalue weighted by atomic mass is 10.1. The summed E-state index contributed by atoms with van der Waals surface area (Å²) in [7, 11) is -2.74. The highest BCUT2D eigenvalue weighted by atomic mass is 32.1. The Balaban J connectivity index is 1.43. The molecule has 2 aromatic carbocycles. The number of benzene rings is 2. The van der Waals surface area contributed by atoms with Crippen LogP contribution < -0.4 is 14.0 Å². The molecular weight excluding hydrogens is 760 g/mol. The fraction of sp³-hybridized carbons (Fsp3) is 0.435. The molecule has 1 N–H and O–H groups in total. The van der Waals surface area contributed by atoms with Crippen molar-refractivity contribution in [2.24, 2.45) is 0 Å². The molecule has 0 radical (unpaired) electrons. The van der Waals surface area contributed by atoms with Gasteiger partial charge in [0.1, 0.15) is 11.5 Å². The second-order valence-corrected chi connectivity index (χ2v) is 17.7. The first-order valence-electron chi connectivity index (χ1n) is 20.2. The molecule has 3 aromatic heterocycles. The molecule has 1 atom stereocenters. The Hall–Kier alpha value is -3.44. The minimum Gasteiger partial charge on any atom is -0.493 e. The molecule has 3 heterocycles. The average Bonchev–Trinajstić information content (AvgIpc) is 3.98. The zero-order valence-electron chi connectivity index (χ0n) is 32.7. The van der Waals surface area contributed by atoms with Crippen molar-refractivity contribution >= 4 is 42.3 Å². The van der Waals surface area contributed by atoms with E-state index in [1.54, 1.807) is 46.1 Å². The van der Waals surface area contributed by atoms with Crippen molar-refractivity contribution in [3.8, 4) is 70.2 Å². The molecule has 9 heteroatoms. The maximum atomic E-state index is 11.3. The summed E-state index contributed by atoms with van der Waals surface area (Å²) in [4.78, 5) is 16.1. The van der Waals surface area contributed by atoms with Crippen LogP contribution in [-0.4, -0.2) is 18.1 Å². The van der Waals surface area contributed by atoms with Crippen LogP contribution in [0.2, 0.25) is 0 Å². The fourth-order valence-electron chi connectivity index (χ4n) is 6.34. The molecular formula is C46H56O5PS3+.